The minimum atomic E-state index is -3.43. The Balaban J connectivity index is 2.84. The summed E-state index contributed by atoms with van der Waals surface area (Å²) < 4.78 is 130. The van der Waals surface area contributed by atoms with Gasteiger partial charge in [-0.15, -0.1) is 0 Å². The average Bonchev–Trinajstić information content (AvgIpc) is 2.63. The molecule has 1 saturated carbocycles. The van der Waals surface area contributed by atoms with Crippen LogP contribution in [0.1, 0.15) is 92.0 Å². The van der Waals surface area contributed by atoms with Crippen molar-refractivity contribution in [3.8, 4) is 0 Å². The van der Waals surface area contributed by atoms with Gasteiger partial charge in [0.1, 0.15) is 0 Å². The van der Waals surface area contributed by atoms with Gasteiger partial charge in [-0.05, 0) is 41.1 Å². The molecule has 0 heteroatoms. The van der Waals surface area contributed by atoms with E-state index in [1.54, 1.807) is 0 Å². The van der Waals surface area contributed by atoms with Gasteiger partial charge in [0.05, 0.1) is 0 Å². The quantitative estimate of drug-likeness (QED) is 0.632. The summed E-state index contributed by atoms with van der Waals surface area (Å²) in [7, 11) is 0. The highest BCUT2D eigenvalue weighted by Gasteiger charge is 2.20. The van der Waals surface area contributed by atoms with Crippen molar-refractivity contribution in [1.82, 2.24) is 0 Å². The SMILES string of the molecule is [2H]C([2H])([2H])C(C)(c1ccc(C2([2H])C([2H])([2H])C([2H])([2H])C([2H])(C)C([2H])([2H])C2([2H])[2H])cc1)C([2H])([2H])[2H]. The molecule has 17 heavy (non-hydrogen) atoms. The van der Waals surface area contributed by atoms with Crippen molar-refractivity contribution in [3.05, 3.63) is 35.4 Å². The summed E-state index contributed by atoms with van der Waals surface area (Å²) in [5.74, 6) is -6.14. The summed E-state index contributed by atoms with van der Waals surface area (Å²) in [6, 6.07) is 3.84. The molecule has 0 heterocycles. The van der Waals surface area contributed by atoms with Crippen LogP contribution < -0.4 is 0 Å². The lowest BCUT2D eigenvalue weighted by molar-refractivity contribution is 0.348. The molecule has 2 rings (SSSR count). The van der Waals surface area contributed by atoms with Crippen LogP contribution in [0, 0.1) is 5.89 Å². The molecule has 0 radical (unpaired) electrons. The van der Waals surface area contributed by atoms with Crippen molar-refractivity contribution >= 4 is 0 Å². The van der Waals surface area contributed by atoms with Gasteiger partial charge in [-0.1, -0.05) is 64.6 Å². The van der Waals surface area contributed by atoms with E-state index in [1.807, 2.05) is 0 Å². The van der Waals surface area contributed by atoms with Crippen LogP contribution in [-0.4, -0.2) is 0 Å². The van der Waals surface area contributed by atoms with Crippen molar-refractivity contribution in [2.45, 2.75) is 64.4 Å². The second-order valence-electron chi connectivity index (χ2n) is 4.20. The third-order valence-electron chi connectivity index (χ3n) is 2.50. The summed E-state index contributed by atoms with van der Waals surface area (Å²) in [6.07, 6.45) is -13.5. The highest BCUT2D eigenvalue weighted by Crippen LogP contribution is 2.36. The first-order chi connectivity index (χ1) is 14.2. The maximum Gasteiger partial charge on any atom is 0.0352 e. The minimum absolute atomic E-state index is 0.219. The predicted octanol–water partition coefficient (Wildman–Crippen LogP) is 5.28. The maximum absolute atomic E-state index is 8.79. The molecule has 0 aromatic heterocycles. The van der Waals surface area contributed by atoms with Crippen LogP contribution in [0.3, 0.4) is 0 Å². The molecule has 0 atom stereocenters. The molecule has 0 nitrogen and oxygen atoms in total. The van der Waals surface area contributed by atoms with Crippen LogP contribution >= 0.6 is 0 Å². The van der Waals surface area contributed by atoms with Crippen LogP contribution in [0.2, 0.25) is 0 Å². The smallest absolute Gasteiger partial charge is 0.0352 e. The van der Waals surface area contributed by atoms with E-state index in [0.717, 1.165) is 38.1 Å². The lowest BCUT2D eigenvalue weighted by Gasteiger charge is -2.27. The summed E-state index contributed by atoms with van der Waals surface area (Å²) in [5.41, 5.74) is -3.10. The Kier molecular flexibility index (Phi) is 0.969. The molecule has 1 aliphatic rings. The minimum Gasteiger partial charge on any atom is -0.0625 e. The Morgan fingerprint density at radius 1 is 1.18 bits per heavy atom. The average molecular weight is 246 g/mol. The van der Waals surface area contributed by atoms with Crippen molar-refractivity contribution in [2.24, 2.45) is 5.89 Å². The summed E-state index contributed by atoms with van der Waals surface area (Å²) in [6.45, 7) is -4.24. The van der Waals surface area contributed by atoms with Crippen LogP contribution in [-0.2, 0) is 5.41 Å². The largest absolute Gasteiger partial charge is 0.0625 e. The third kappa shape index (κ3) is 3.12. The van der Waals surface area contributed by atoms with Gasteiger partial charge in [0.2, 0.25) is 0 Å². The highest BCUT2D eigenvalue weighted by atomic mass is 14.3. The number of rotatable bonds is 1. The molecule has 1 aromatic carbocycles. The van der Waals surface area contributed by atoms with E-state index in [0.29, 0.717) is 0 Å². The Morgan fingerprint density at radius 2 is 1.76 bits per heavy atom. The topological polar surface area (TPSA) is 0 Å². The van der Waals surface area contributed by atoms with Crippen LogP contribution in [0.4, 0.5) is 0 Å². The molecular weight excluding hydrogens is 204 g/mol. The monoisotopic (exact) mass is 246 g/mol. The zero-order valence-electron chi connectivity index (χ0n) is 25.8. The number of hydrogen-bond acceptors (Lipinski definition) is 0. The van der Waals surface area contributed by atoms with Crippen LogP contribution in [0.5, 0.6) is 0 Å². The van der Waals surface area contributed by atoms with Crippen molar-refractivity contribution < 1.29 is 21.9 Å². The summed E-state index contributed by atoms with van der Waals surface area (Å²) >= 11 is 0. The molecule has 0 spiro atoms. The van der Waals surface area contributed by atoms with E-state index in [2.05, 4.69) is 0 Å². The van der Waals surface area contributed by atoms with Gasteiger partial charge >= 0.3 is 0 Å². The van der Waals surface area contributed by atoms with Crippen LogP contribution in [0.25, 0.3) is 0 Å². The second-order valence-corrected chi connectivity index (χ2v) is 4.20. The van der Waals surface area contributed by atoms with Crippen molar-refractivity contribution in [3.63, 3.8) is 0 Å². The Bertz CT molecular complexity index is 858. The first-order valence-electron chi connectivity index (χ1n) is 13.3. The summed E-state index contributed by atoms with van der Waals surface area (Å²) in [5, 5.41) is 0. The number of benzene rings is 1. The van der Waals surface area contributed by atoms with E-state index < -0.39 is 62.0 Å². The molecule has 0 saturated heterocycles. The van der Waals surface area contributed by atoms with Crippen molar-refractivity contribution in [2.75, 3.05) is 0 Å². The Labute approximate surface area is 129 Å². The summed E-state index contributed by atoms with van der Waals surface area (Å²) in [4.78, 5) is 0. The van der Waals surface area contributed by atoms with E-state index >= 15 is 0 Å². The molecule has 0 bridgehead atoms. The molecule has 0 amide bonds. The van der Waals surface area contributed by atoms with Gasteiger partial charge in [-0.3, -0.25) is 0 Å². The van der Waals surface area contributed by atoms with Gasteiger partial charge in [0.25, 0.3) is 0 Å². The van der Waals surface area contributed by atoms with Crippen LogP contribution in [0.15, 0.2) is 24.3 Å². The predicted molar refractivity (Wildman–Crippen MR) is 75.5 cm³/mol. The molecule has 0 unspecified atom stereocenters. The van der Waals surface area contributed by atoms with E-state index in [9.17, 15) is 0 Å². The zero-order valence-corrected chi connectivity index (χ0v) is 9.81. The van der Waals surface area contributed by atoms with Gasteiger partial charge in [-0.2, -0.15) is 0 Å². The fraction of sp³-hybridized carbons (Fsp3) is 0.647. The van der Waals surface area contributed by atoms with Crippen molar-refractivity contribution in [1.29, 1.82) is 0 Å². The van der Waals surface area contributed by atoms with Gasteiger partial charge in [0, 0.05) is 21.9 Å². The first-order valence-corrected chi connectivity index (χ1v) is 5.32. The van der Waals surface area contributed by atoms with Gasteiger partial charge in [0.15, 0.2) is 0 Å². The third-order valence-corrected chi connectivity index (χ3v) is 2.50. The molecule has 0 aliphatic heterocycles. The molecule has 1 fully saturated rings. The first kappa shape index (κ1) is 3.40. The molecule has 1 aromatic rings. The van der Waals surface area contributed by atoms with Gasteiger partial charge < -0.3 is 0 Å². The van der Waals surface area contributed by atoms with E-state index in [1.165, 1.54) is 0 Å². The number of hydrogen-bond donors (Lipinski definition) is 0. The van der Waals surface area contributed by atoms with Gasteiger partial charge in [-0.25, -0.2) is 0 Å². The van der Waals surface area contributed by atoms with E-state index in [-0.39, 0.29) is 5.56 Å². The fourth-order valence-corrected chi connectivity index (χ4v) is 1.49. The fourth-order valence-electron chi connectivity index (χ4n) is 1.49. The lowest BCUT2D eigenvalue weighted by atomic mass is 9.78. The maximum atomic E-state index is 8.79. The molecular formula is C17H26. The molecule has 94 valence electrons. The van der Waals surface area contributed by atoms with E-state index in [4.69, 9.17) is 21.9 Å². The molecule has 0 N–H and O–H groups in total. The zero-order chi connectivity index (χ0) is 26.5. The second kappa shape index (κ2) is 4.84. The molecule has 1 aliphatic carbocycles. The Morgan fingerprint density at radius 3 is 2.29 bits per heavy atom. The standard InChI is InChI=1S/C17H26/c1-13-5-7-14(8-6-13)15-9-11-16(12-10-15)17(2,3)4/h9-14H,5-8H2,1-4H3/i2D3,3D3,5D2,6D2,7D2,8D2,13D,14D. The Hall–Kier alpha value is -0.780. The highest BCUT2D eigenvalue weighted by molar-refractivity contribution is 5.29. The lowest BCUT2D eigenvalue weighted by Crippen LogP contribution is -2.13. The normalized spacial score (nSPS) is 61.8.